The molecule has 1 aromatic carbocycles. The van der Waals surface area contributed by atoms with Gasteiger partial charge in [-0.15, -0.1) is 0 Å². The van der Waals surface area contributed by atoms with Crippen molar-refractivity contribution in [3.8, 4) is 0 Å². The van der Waals surface area contributed by atoms with Gasteiger partial charge in [0.2, 0.25) is 6.41 Å². The molecule has 2 aromatic rings. The van der Waals surface area contributed by atoms with Crippen LogP contribution < -0.4 is 10.6 Å². The van der Waals surface area contributed by atoms with E-state index in [0.717, 1.165) is 51.6 Å². The van der Waals surface area contributed by atoms with Crippen molar-refractivity contribution in [1.29, 1.82) is 0 Å². The molecule has 28 heavy (non-hydrogen) atoms. The van der Waals surface area contributed by atoms with Crippen LogP contribution in [0.5, 0.6) is 0 Å². The lowest BCUT2D eigenvalue weighted by Crippen LogP contribution is -2.25. The average molecular weight is 446 g/mol. The number of amides is 2. The minimum atomic E-state index is -0.0953. The topological polar surface area (TPSA) is 63.1 Å². The third-order valence-electron chi connectivity index (χ3n) is 4.70. The van der Waals surface area contributed by atoms with E-state index in [9.17, 15) is 9.59 Å². The van der Waals surface area contributed by atoms with Gasteiger partial charge in [0.15, 0.2) is 0 Å². The van der Waals surface area contributed by atoms with Crippen LogP contribution in [0.25, 0.3) is 10.9 Å². The molecule has 6 heteroatoms. The fraction of sp³-hybridized carbons (Fsp3) is 0.364. The first-order valence-corrected chi connectivity index (χ1v) is 10.3. The van der Waals surface area contributed by atoms with Gasteiger partial charge in [-0.2, -0.15) is 0 Å². The summed E-state index contributed by atoms with van der Waals surface area (Å²) in [6.07, 6.45) is 6.53. The Bertz CT molecular complexity index is 925. The smallest absolute Gasteiger partial charge is 0.252 e. The standard InChI is InChI=1S/C22H28BrN3O2/c1-5-7-17(10-16(4)25-14-27)15(3)13-24-22(28)20-11-18(23)12-21-19(20)8-9-26(21)6-2/h8-12,14H,5-7,13H2,1-4H3,(H,24,28)(H,25,27)/b16-10-,17-15+. The van der Waals surface area contributed by atoms with E-state index in [0.29, 0.717) is 18.5 Å². The van der Waals surface area contributed by atoms with Gasteiger partial charge >= 0.3 is 0 Å². The van der Waals surface area contributed by atoms with Gasteiger partial charge in [0.05, 0.1) is 0 Å². The molecule has 0 unspecified atom stereocenters. The second kappa shape index (κ2) is 10.3. The van der Waals surface area contributed by atoms with E-state index in [1.165, 1.54) is 0 Å². The highest BCUT2D eigenvalue weighted by Gasteiger charge is 2.14. The maximum Gasteiger partial charge on any atom is 0.252 e. The average Bonchev–Trinajstić information content (AvgIpc) is 3.07. The van der Waals surface area contributed by atoms with Crippen LogP contribution in [0.3, 0.4) is 0 Å². The highest BCUT2D eigenvalue weighted by atomic mass is 79.9. The summed E-state index contributed by atoms with van der Waals surface area (Å²) in [6.45, 7) is 9.37. The quantitative estimate of drug-likeness (QED) is 0.424. The molecular weight excluding hydrogens is 418 g/mol. The number of nitrogens with zero attached hydrogens (tertiary/aromatic N) is 1. The molecule has 0 saturated heterocycles. The molecule has 0 aliphatic heterocycles. The molecule has 0 aliphatic rings. The number of hydrogen-bond donors (Lipinski definition) is 2. The molecule has 5 nitrogen and oxygen atoms in total. The number of rotatable bonds is 9. The van der Waals surface area contributed by atoms with Gasteiger partial charge in [0.1, 0.15) is 0 Å². The van der Waals surface area contributed by atoms with Crippen molar-refractivity contribution in [2.75, 3.05) is 6.54 Å². The first-order chi connectivity index (χ1) is 13.4. The van der Waals surface area contributed by atoms with E-state index in [1.54, 1.807) is 0 Å². The first-order valence-electron chi connectivity index (χ1n) is 9.54. The highest BCUT2D eigenvalue weighted by Crippen LogP contribution is 2.26. The van der Waals surface area contributed by atoms with Crippen molar-refractivity contribution in [2.24, 2.45) is 0 Å². The van der Waals surface area contributed by atoms with Crippen molar-refractivity contribution in [3.05, 3.63) is 57.4 Å². The summed E-state index contributed by atoms with van der Waals surface area (Å²) >= 11 is 3.52. The summed E-state index contributed by atoms with van der Waals surface area (Å²) in [6, 6.07) is 5.89. The fourth-order valence-corrected chi connectivity index (χ4v) is 3.67. The van der Waals surface area contributed by atoms with Gasteiger partial charge in [-0.25, -0.2) is 0 Å². The summed E-state index contributed by atoms with van der Waals surface area (Å²) in [5.74, 6) is -0.0953. The molecule has 0 spiro atoms. The van der Waals surface area contributed by atoms with Crippen LogP contribution in [-0.4, -0.2) is 23.4 Å². The van der Waals surface area contributed by atoms with Gasteiger partial charge in [-0.05, 0) is 57.0 Å². The maximum atomic E-state index is 12.9. The summed E-state index contributed by atoms with van der Waals surface area (Å²) in [4.78, 5) is 23.5. The predicted molar refractivity (Wildman–Crippen MR) is 118 cm³/mol. The Labute approximate surface area is 175 Å². The normalized spacial score (nSPS) is 12.7. The van der Waals surface area contributed by atoms with Crippen LogP contribution in [0.2, 0.25) is 0 Å². The first kappa shape index (κ1) is 22.0. The number of benzene rings is 1. The number of allylic oxidation sites excluding steroid dienone is 3. The zero-order valence-corrected chi connectivity index (χ0v) is 18.5. The Hall–Kier alpha value is -2.34. The SMILES string of the molecule is CCCC(/C=C(/C)NC=O)=C(/C)CNC(=O)c1cc(Br)cc2c1ccn2CC. The molecular formula is C22H28BrN3O2. The molecule has 2 N–H and O–H groups in total. The predicted octanol–water partition coefficient (Wildman–Crippen LogP) is 4.92. The van der Waals surface area contributed by atoms with Gasteiger partial charge in [0.25, 0.3) is 5.91 Å². The van der Waals surface area contributed by atoms with Crippen LogP contribution in [0.1, 0.15) is 50.9 Å². The number of aryl methyl sites for hydroxylation is 1. The molecule has 0 fully saturated rings. The highest BCUT2D eigenvalue weighted by molar-refractivity contribution is 9.10. The molecule has 2 amide bonds. The van der Waals surface area contributed by atoms with Crippen molar-refractivity contribution in [3.63, 3.8) is 0 Å². The molecule has 2 rings (SSSR count). The Balaban J connectivity index is 2.25. The number of nitrogens with one attached hydrogen (secondary N) is 2. The zero-order valence-electron chi connectivity index (χ0n) is 16.9. The lowest BCUT2D eigenvalue weighted by molar-refractivity contribution is -0.108. The minimum absolute atomic E-state index is 0.0953. The number of hydrogen-bond acceptors (Lipinski definition) is 2. The van der Waals surface area contributed by atoms with Crippen molar-refractivity contribution < 1.29 is 9.59 Å². The Morgan fingerprint density at radius 3 is 2.64 bits per heavy atom. The van der Waals surface area contributed by atoms with E-state index in [4.69, 9.17) is 0 Å². The summed E-state index contributed by atoms with van der Waals surface area (Å²) in [5, 5.41) is 6.66. The van der Waals surface area contributed by atoms with Crippen LogP contribution in [-0.2, 0) is 11.3 Å². The number of carbonyl (C=O) groups excluding carboxylic acids is 2. The number of aromatic nitrogens is 1. The monoisotopic (exact) mass is 445 g/mol. The number of halogens is 1. The van der Waals surface area contributed by atoms with Gasteiger partial charge < -0.3 is 15.2 Å². The molecule has 150 valence electrons. The fourth-order valence-electron chi connectivity index (χ4n) is 3.22. The summed E-state index contributed by atoms with van der Waals surface area (Å²) < 4.78 is 3.01. The number of fused-ring (bicyclic) bond motifs is 1. The third kappa shape index (κ3) is 5.35. The summed E-state index contributed by atoms with van der Waals surface area (Å²) in [5.41, 5.74) is 4.71. The van der Waals surface area contributed by atoms with Crippen LogP contribution in [0, 0.1) is 0 Å². The molecule has 1 aromatic heterocycles. The second-order valence-electron chi connectivity index (χ2n) is 6.82. The Morgan fingerprint density at radius 1 is 1.25 bits per heavy atom. The third-order valence-corrected chi connectivity index (χ3v) is 5.16. The van der Waals surface area contributed by atoms with Crippen LogP contribution >= 0.6 is 15.9 Å². The summed E-state index contributed by atoms with van der Waals surface area (Å²) in [7, 11) is 0. The lowest BCUT2D eigenvalue weighted by Gasteiger charge is -2.12. The second-order valence-corrected chi connectivity index (χ2v) is 7.73. The number of carbonyl (C=O) groups is 2. The van der Waals surface area contributed by atoms with E-state index in [2.05, 4.69) is 45.0 Å². The van der Waals surface area contributed by atoms with Crippen LogP contribution in [0.15, 0.2) is 51.8 Å². The minimum Gasteiger partial charge on any atom is -0.348 e. The molecule has 0 saturated carbocycles. The van der Waals surface area contributed by atoms with Gasteiger partial charge in [-0.3, -0.25) is 9.59 Å². The molecule has 1 heterocycles. The maximum absolute atomic E-state index is 12.9. The van der Waals surface area contributed by atoms with E-state index in [-0.39, 0.29) is 5.91 Å². The molecule has 0 radical (unpaired) electrons. The van der Waals surface area contributed by atoms with Crippen molar-refractivity contribution in [2.45, 2.75) is 47.1 Å². The van der Waals surface area contributed by atoms with Crippen molar-refractivity contribution in [1.82, 2.24) is 15.2 Å². The largest absolute Gasteiger partial charge is 0.348 e. The Kier molecular flexibility index (Phi) is 8.05. The zero-order chi connectivity index (χ0) is 20.7. The molecule has 0 atom stereocenters. The molecule has 0 aliphatic carbocycles. The lowest BCUT2D eigenvalue weighted by atomic mass is 10.0. The van der Waals surface area contributed by atoms with Gasteiger partial charge in [-0.1, -0.05) is 34.8 Å². The molecule has 0 bridgehead atoms. The van der Waals surface area contributed by atoms with E-state index < -0.39 is 0 Å². The van der Waals surface area contributed by atoms with Gasteiger partial charge in [0, 0.05) is 45.9 Å². The Morgan fingerprint density at radius 2 is 2.00 bits per heavy atom. The van der Waals surface area contributed by atoms with E-state index >= 15 is 0 Å². The van der Waals surface area contributed by atoms with Crippen molar-refractivity contribution >= 4 is 39.2 Å². The van der Waals surface area contributed by atoms with E-state index in [1.807, 2.05) is 44.3 Å². The van der Waals surface area contributed by atoms with Crippen LogP contribution in [0.4, 0.5) is 0 Å².